The van der Waals surface area contributed by atoms with Crippen molar-refractivity contribution in [1.29, 1.82) is 0 Å². The van der Waals surface area contributed by atoms with E-state index in [9.17, 15) is 14.4 Å². The first-order valence-electron chi connectivity index (χ1n) is 12.6. The molecule has 1 saturated heterocycles. The molecule has 0 saturated carbocycles. The Morgan fingerprint density at radius 2 is 1.87 bits per heavy atom. The molecule has 1 aliphatic rings. The van der Waals surface area contributed by atoms with Crippen molar-refractivity contribution in [2.75, 3.05) is 19.8 Å². The normalized spacial score (nSPS) is 15.5. The van der Waals surface area contributed by atoms with Crippen molar-refractivity contribution in [3.05, 3.63) is 90.3 Å². The summed E-state index contributed by atoms with van der Waals surface area (Å²) < 4.78 is 15.5. The van der Waals surface area contributed by atoms with E-state index in [2.05, 4.69) is 17.1 Å². The van der Waals surface area contributed by atoms with Gasteiger partial charge >= 0.3 is 12.1 Å². The Hall–Kier alpha value is -4.40. The highest BCUT2D eigenvalue weighted by molar-refractivity contribution is 5.95. The van der Waals surface area contributed by atoms with Crippen LogP contribution in [-0.2, 0) is 20.7 Å². The fourth-order valence-corrected chi connectivity index (χ4v) is 4.46. The Morgan fingerprint density at radius 1 is 1.13 bits per heavy atom. The van der Waals surface area contributed by atoms with Crippen LogP contribution in [0.15, 0.2) is 77.8 Å². The minimum Gasteiger partial charge on any atom is -0.464 e. The van der Waals surface area contributed by atoms with E-state index in [1.165, 1.54) is 6.08 Å². The number of hydrogen-bond acceptors (Lipinski definition) is 7. The first-order valence-corrected chi connectivity index (χ1v) is 12.6. The van der Waals surface area contributed by atoms with Crippen molar-refractivity contribution in [3.8, 4) is 11.1 Å². The SMILES string of the molecule is C=CCOC(=O)NC(Cc1cc(C2CCCN2C(=O)c2ccc(-c3ccccc3)cc2)no1)C(=O)OCC. The van der Waals surface area contributed by atoms with E-state index in [0.29, 0.717) is 23.6 Å². The molecule has 1 N–H and O–H groups in total. The second-order valence-electron chi connectivity index (χ2n) is 8.86. The third kappa shape index (κ3) is 6.47. The van der Waals surface area contributed by atoms with Crippen LogP contribution < -0.4 is 5.32 Å². The lowest BCUT2D eigenvalue weighted by molar-refractivity contribution is -0.145. The molecule has 38 heavy (non-hydrogen) atoms. The molecular formula is C29H31N3O6. The van der Waals surface area contributed by atoms with Crippen molar-refractivity contribution in [2.45, 2.75) is 38.3 Å². The van der Waals surface area contributed by atoms with Crippen LogP contribution in [0.1, 0.15) is 47.6 Å². The van der Waals surface area contributed by atoms with Gasteiger partial charge in [-0.3, -0.25) is 4.79 Å². The van der Waals surface area contributed by atoms with Gasteiger partial charge in [-0.25, -0.2) is 9.59 Å². The molecule has 0 radical (unpaired) electrons. The van der Waals surface area contributed by atoms with Crippen LogP contribution in [0.5, 0.6) is 0 Å². The fourth-order valence-electron chi connectivity index (χ4n) is 4.46. The van der Waals surface area contributed by atoms with Crippen molar-refractivity contribution in [3.63, 3.8) is 0 Å². The summed E-state index contributed by atoms with van der Waals surface area (Å²) >= 11 is 0. The number of carbonyl (C=O) groups is 3. The van der Waals surface area contributed by atoms with Gasteiger partial charge in [0.1, 0.15) is 24.1 Å². The van der Waals surface area contributed by atoms with E-state index in [-0.39, 0.29) is 31.6 Å². The molecule has 0 aliphatic carbocycles. The molecule has 9 nitrogen and oxygen atoms in total. The third-order valence-corrected chi connectivity index (χ3v) is 6.27. The van der Waals surface area contributed by atoms with Gasteiger partial charge in [-0.05, 0) is 43.0 Å². The second kappa shape index (κ2) is 12.7. The molecule has 2 amide bonds. The minimum atomic E-state index is -1.02. The highest BCUT2D eigenvalue weighted by atomic mass is 16.6. The fraction of sp³-hybridized carbons (Fsp3) is 0.310. The summed E-state index contributed by atoms with van der Waals surface area (Å²) in [6, 6.07) is 18.0. The Labute approximate surface area is 221 Å². The molecule has 198 valence electrons. The van der Waals surface area contributed by atoms with E-state index < -0.39 is 18.1 Å². The van der Waals surface area contributed by atoms with Crippen LogP contribution in [0.2, 0.25) is 0 Å². The Morgan fingerprint density at radius 3 is 2.58 bits per heavy atom. The number of carbonyl (C=O) groups excluding carboxylic acids is 3. The van der Waals surface area contributed by atoms with Gasteiger partial charge in [0, 0.05) is 24.6 Å². The standard InChI is InChI=1S/C29H31N3O6/c1-3-17-37-29(35)30-25(28(34)36-4-2)19-23-18-24(31-38-23)26-11-8-16-32(26)27(33)22-14-12-21(13-15-22)20-9-6-5-7-10-20/h3,5-7,9-10,12-15,18,25-26H,1,4,8,11,16-17,19H2,2H3,(H,30,35). The Bertz CT molecular complexity index is 1250. The lowest BCUT2D eigenvalue weighted by Gasteiger charge is -2.23. The molecule has 2 unspecified atom stereocenters. The van der Waals surface area contributed by atoms with Crippen LogP contribution in [0, 0.1) is 0 Å². The zero-order chi connectivity index (χ0) is 26.9. The maximum atomic E-state index is 13.4. The number of amides is 2. The molecule has 0 bridgehead atoms. The molecule has 4 rings (SSSR count). The average molecular weight is 518 g/mol. The number of aromatic nitrogens is 1. The van der Waals surface area contributed by atoms with Gasteiger partial charge in [0.05, 0.1) is 12.6 Å². The van der Waals surface area contributed by atoms with Crippen molar-refractivity contribution in [2.24, 2.45) is 0 Å². The molecule has 0 spiro atoms. The number of alkyl carbamates (subject to hydrolysis) is 1. The van der Waals surface area contributed by atoms with Gasteiger partial charge in [-0.2, -0.15) is 0 Å². The van der Waals surface area contributed by atoms with Gasteiger partial charge in [-0.1, -0.05) is 60.3 Å². The van der Waals surface area contributed by atoms with E-state index >= 15 is 0 Å². The molecule has 3 aromatic rings. The number of ether oxygens (including phenoxy) is 2. The van der Waals surface area contributed by atoms with Crippen molar-refractivity contribution in [1.82, 2.24) is 15.4 Å². The molecule has 9 heteroatoms. The number of hydrogen-bond donors (Lipinski definition) is 1. The Balaban J connectivity index is 1.44. The quantitative estimate of drug-likeness (QED) is 0.306. The van der Waals surface area contributed by atoms with Crippen LogP contribution >= 0.6 is 0 Å². The lowest BCUT2D eigenvalue weighted by Crippen LogP contribution is -2.43. The first kappa shape index (κ1) is 26.7. The number of rotatable bonds is 10. The monoisotopic (exact) mass is 517 g/mol. The minimum absolute atomic E-state index is 0.00829. The van der Waals surface area contributed by atoms with E-state index in [4.69, 9.17) is 14.0 Å². The van der Waals surface area contributed by atoms with Crippen LogP contribution in [0.4, 0.5) is 4.79 Å². The summed E-state index contributed by atoms with van der Waals surface area (Å²) in [5, 5.41) is 6.68. The summed E-state index contributed by atoms with van der Waals surface area (Å²) in [6.07, 6.45) is 2.26. The van der Waals surface area contributed by atoms with E-state index in [1.54, 1.807) is 17.9 Å². The van der Waals surface area contributed by atoms with Gasteiger partial charge in [0.2, 0.25) is 0 Å². The number of likely N-dealkylation sites (tertiary alicyclic amines) is 1. The summed E-state index contributed by atoms with van der Waals surface area (Å²) in [6.45, 7) is 5.94. The molecule has 1 aromatic heterocycles. The zero-order valence-corrected chi connectivity index (χ0v) is 21.3. The number of nitrogens with zero attached hydrogens (tertiary/aromatic N) is 2. The van der Waals surface area contributed by atoms with Crippen LogP contribution in [0.25, 0.3) is 11.1 Å². The van der Waals surface area contributed by atoms with Gasteiger partial charge in [0.25, 0.3) is 5.91 Å². The second-order valence-corrected chi connectivity index (χ2v) is 8.86. The number of esters is 1. The largest absolute Gasteiger partial charge is 0.464 e. The van der Waals surface area contributed by atoms with Crippen molar-refractivity contribution < 1.29 is 28.4 Å². The predicted molar refractivity (Wildman–Crippen MR) is 140 cm³/mol. The zero-order valence-electron chi connectivity index (χ0n) is 21.3. The van der Waals surface area contributed by atoms with Crippen molar-refractivity contribution >= 4 is 18.0 Å². The average Bonchev–Trinajstić information content (AvgIpc) is 3.62. The smallest absolute Gasteiger partial charge is 0.408 e. The van der Waals surface area contributed by atoms with E-state index in [1.807, 2.05) is 54.6 Å². The molecule has 1 aliphatic heterocycles. The maximum absolute atomic E-state index is 13.4. The topological polar surface area (TPSA) is 111 Å². The van der Waals surface area contributed by atoms with Crippen LogP contribution in [0.3, 0.4) is 0 Å². The highest BCUT2D eigenvalue weighted by Gasteiger charge is 2.33. The lowest BCUT2D eigenvalue weighted by atomic mass is 10.0. The summed E-state index contributed by atoms with van der Waals surface area (Å²) in [5.74, 6) is -0.307. The number of nitrogens with one attached hydrogen (secondary N) is 1. The molecule has 2 heterocycles. The van der Waals surface area contributed by atoms with Gasteiger partial charge in [-0.15, -0.1) is 0 Å². The predicted octanol–water partition coefficient (Wildman–Crippen LogP) is 4.71. The number of benzene rings is 2. The van der Waals surface area contributed by atoms with Crippen LogP contribution in [-0.4, -0.2) is 53.8 Å². The first-order chi connectivity index (χ1) is 18.5. The van der Waals surface area contributed by atoms with Gasteiger partial charge in [0.15, 0.2) is 0 Å². The maximum Gasteiger partial charge on any atom is 0.408 e. The summed E-state index contributed by atoms with van der Waals surface area (Å²) in [4.78, 5) is 39.6. The van der Waals surface area contributed by atoms with Gasteiger partial charge < -0.3 is 24.2 Å². The third-order valence-electron chi connectivity index (χ3n) is 6.27. The summed E-state index contributed by atoms with van der Waals surface area (Å²) in [7, 11) is 0. The molecule has 1 fully saturated rings. The van der Waals surface area contributed by atoms with E-state index in [0.717, 1.165) is 24.0 Å². The molecule has 2 aromatic carbocycles. The molecular weight excluding hydrogens is 486 g/mol. The summed E-state index contributed by atoms with van der Waals surface area (Å²) in [5.41, 5.74) is 3.33. The highest BCUT2D eigenvalue weighted by Crippen LogP contribution is 2.33. The molecule has 2 atom stereocenters. The Kier molecular flexibility index (Phi) is 8.92.